The van der Waals surface area contributed by atoms with E-state index in [1.54, 1.807) is 12.3 Å². The predicted octanol–water partition coefficient (Wildman–Crippen LogP) is 1.17. The van der Waals surface area contributed by atoms with E-state index < -0.39 is 0 Å². The zero-order valence-electron chi connectivity index (χ0n) is 6.05. The predicted molar refractivity (Wildman–Crippen MR) is 39.3 cm³/mol. The first kappa shape index (κ1) is 6.73. The maximum atomic E-state index is 13.0. The van der Waals surface area contributed by atoms with Crippen LogP contribution in [-0.2, 0) is 5.54 Å². The monoisotopic (exact) mass is 152 g/mol. The minimum absolute atomic E-state index is 0.285. The maximum Gasteiger partial charge on any atom is 0.146 e. The summed E-state index contributed by atoms with van der Waals surface area (Å²) < 4.78 is 13.0. The summed E-state index contributed by atoms with van der Waals surface area (Å²) in [4.78, 5) is 3.66. The molecule has 0 aliphatic heterocycles. The Bertz CT molecular complexity index is 281. The summed E-state index contributed by atoms with van der Waals surface area (Å²) in [6, 6.07) is 1.66. The van der Waals surface area contributed by atoms with E-state index in [1.165, 1.54) is 6.20 Å². The summed E-state index contributed by atoms with van der Waals surface area (Å²) >= 11 is 0. The number of rotatable bonds is 1. The Balaban J connectivity index is 2.45. The molecule has 0 amide bonds. The lowest BCUT2D eigenvalue weighted by atomic mass is 10.1. The molecule has 0 spiro atoms. The second-order valence-corrected chi connectivity index (χ2v) is 3.01. The van der Waals surface area contributed by atoms with Gasteiger partial charge >= 0.3 is 0 Å². The second-order valence-electron chi connectivity index (χ2n) is 3.01. The van der Waals surface area contributed by atoms with Crippen LogP contribution in [0.1, 0.15) is 18.4 Å². The van der Waals surface area contributed by atoms with Gasteiger partial charge in [0, 0.05) is 17.3 Å². The van der Waals surface area contributed by atoms with Crippen molar-refractivity contribution in [3.63, 3.8) is 0 Å². The molecule has 1 aromatic heterocycles. The van der Waals surface area contributed by atoms with E-state index >= 15 is 0 Å². The zero-order chi connectivity index (χ0) is 7.90. The molecular formula is C8H9FN2. The van der Waals surface area contributed by atoms with Gasteiger partial charge in [-0.3, -0.25) is 4.98 Å². The lowest BCUT2D eigenvalue weighted by Crippen LogP contribution is -2.20. The van der Waals surface area contributed by atoms with Crippen molar-refractivity contribution in [3.05, 3.63) is 29.8 Å². The number of halogens is 1. The van der Waals surface area contributed by atoms with E-state index in [0.29, 0.717) is 5.56 Å². The third kappa shape index (κ3) is 1.01. The summed E-state index contributed by atoms with van der Waals surface area (Å²) in [7, 11) is 0. The van der Waals surface area contributed by atoms with Crippen LogP contribution in [0, 0.1) is 5.82 Å². The van der Waals surface area contributed by atoms with Gasteiger partial charge in [-0.2, -0.15) is 0 Å². The van der Waals surface area contributed by atoms with Crippen LogP contribution < -0.4 is 5.73 Å². The minimum Gasteiger partial charge on any atom is -0.321 e. The molecule has 0 radical (unpaired) electrons. The summed E-state index contributed by atoms with van der Waals surface area (Å²) in [6.45, 7) is 0. The van der Waals surface area contributed by atoms with Crippen molar-refractivity contribution in [1.82, 2.24) is 4.98 Å². The number of hydrogen-bond acceptors (Lipinski definition) is 2. The number of nitrogens with zero attached hydrogens (tertiary/aromatic N) is 1. The molecule has 1 aromatic rings. The second kappa shape index (κ2) is 2.01. The van der Waals surface area contributed by atoms with Crippen molar-refractivity contribution in [1.29, 1.82) is 0 Å². The van der Waals surface area contributed by atoms with Crippen LogP contribution in [-0.4, -0.2) is 4.98 Å². The number of hydrogen-bond donors (Lipinski definition) is 1. The Hall–Kier alpha value is -0.960. The number of pyridine rings is 1. The van der Waals surface area contributed by atoms with Gasteiger partial charge in [0.05, 0.1) is 6.20 Å². The summed E-state index contributed by atoms with van der Waals surface area (Å²) in [5.41, 5.74) is 6.02. The number of aromatic nitrogens is 1. The normalized spacial score (nSPS) is 19.8. The van der Waals surface area contributed by atoms with E-state index in [0.717, 1.165) is 12.8 Å². The van der Waals surface area contributed by atoms with Gasteiger partial charge in [0.25, 0.3) is 0 Å². The fourth-order valence-corrected chi connectivity index (χ4v) is 1.18. The summed E-state index contributed by atoms with van der Waals surface area (Å²) in [6.07, 6.45) is 4.55. The first-order valence-electron chi connectivity index (χ1n) is 3.61. The van der Waals surface area contributed by atoms with Crippen LogP contribution in [0.25, 0.3) is 0 Å². The van der Waals surface area contributed by atoms with Gasteiger partial charge in [0.1, 0.15) is 5.82 Å². The minimum atomic E-state index is -0.382. The fraction of sp³-hybridized carbons (Fsp3) is 0.375. The average molecular weight is 152 g/mol. The van der Waals surface area contributed by atoms with E-state index in [9.17, 15) is 4.39 Å². The Morgan fingerprint density at radius 3 is 2.82 bits per heavy atom. The van der Waals surface area contributed by atoms with Crippen molar-refractivity contribution < 1.29 is 4.39 Å². The van der Waals surface area contributed by atoms with Crippen LogP contribution >= 0.6 is 0 Å². The molecule has 1 heterocycles. The Morgan fingerprint density at radius 1 is 1.55 bits per heavy atom. The molecule has 0 bridgehead atoms. The third-order valence-corrected chi connectivity index (χ3v) is 2.10. The Kier molecular flexibility index (Phi) is 1.23. The molecule has 3 heteroatoms. The highest BCUT2D eigenvalue weighted by Crippen LogP contribution is 2.43. The molecule has 11 heavy (non-hydrogen) atoms. The first-order valence-corrected chi connectivity index (χ1v) is 3.61. The van der Waals surface area contributed by atoms with Gasteiger partial charge in [-0.1, -0.05) is 0 Å². The van der Waals surface area contributed by atoms with Crippen LogP contribution in [0.5, 0.6) is 0 Å². The summed E-state index contributed by atoms with van der Waals surface area (Å²) in [5, 5.41) is 0. The number of nitrogens with two attached hydrogens (primary N) is 1. The molecule has 1 aliphatic carbocycles. The van der Waals surface area contributed by atoms with Gasteiger partial charge in [-0.15, -0.1) is 0 Å². The van der Waals surface area contributed by atoms with Crippen molar-refractivity contribution in [3.8, 4) is 0 Å². The van der Waals surface area contributed by atoms with Crippen molar-refractivity contribution in [2.45, 2.75) is 18.4 Å². The van der Waals surface area contributed by atoms with Gasteiger partial charge in [-0.25, -0.2) is 4.39 Å². The maximum absolute atomic E-state index is 13.0. The molecule has 0 unspecified atom stereocenters. The van der Waals surface area contributed by atoms with E-state index in [2.05, 4.69) is 4.98 Å². The van der Waals surface area contributed by atoms with Crippen LogP contribution in [0.4, 0.5) is 4.39 Å². The van der Waals surface area contributed by atoms with Crippen LogP contribution in [0.15, 0.2) is 18.5 Å². The third-order valence-electron chi connectivity index (χ3n) is 2.10. The molecule has 0 atom stereocenters. The molecule has 58 valence electrons. The van der Waals surface area contributed by atoms with E-state index in [1.807, 2.05) is 0 Å². The average Bonchev–Trinajstić information content (AvgIpc) is 2.70. The standard InChI is InChI=1S/C8H9FN2/c9-7-5-11-4-1-6(7)8(10)2-3-8/h1,4-5H,2-3,10H2. The quantitative estimate of drug-likeness (QED) is 0.656. The van der Waals surface area contributed by atoms with Gasteiger partial charge < -0.3 is 5.73 Å². The SMILES string of the molecule is NC1(c2ccncc2F)CC1. The Morgan fingerprint density at radius 2 is 2.27 bits per heavy atom. The molecule has 2 rings (SSSR count). The highest BCUT2D eigenvalue weighted by molar-refractivity contribution is 5.28. The molecule has 0 aromatic carbocycles. The first-order chi connectivity index (χ1) is 5.22. The summed E-state index contributed by atoms with van der Waals surface area (Å²) in [5.74, 6) is -0.285. The smallest absolute Gasteiger partial charge is 0.146 e. The fourth-order valence-electron chi connectivity index (χ4n) is 1.18. The highest BCUT2D eigenvalue weighted by Gasteiger charge is 2.41. The van der Waals surface area contributed by atoms with Crippen LogP contribution in [0.3, 0.4) is 0 Å². The lowest BCUT2D eigenvalue weighted by Gasteiger charge is -2.08. The highest BCUT2D eigenvalue weighted by atomic mass is 19.1. The van der Waals surface area contributed by atoms with Gasteiger partial charge in [0.15, 0.2) is 0 Å². The van der Waals surface area contributed by atoms with Crippen molar-refractivity contribution in [2.75, 3.05) is 0 Å². The van der Waals surface area contributed by atoms with Crippen LogP contribution in [0.2, 0.25) is 0 Å². The molecule has 2 nitrogen and oxygen atoms in total. The molecule has 1 fully saturated rings. The van der Waals surface area contributed by atoms with Gasteiger partial charge in [0.2, 0.25) is 0 Å². The molecule has 1 aliphatic rings. The lowest BCUT2D eigenvalue weighted by molar-refractivity contribution is 0.572. The van der Waals surface area contributed by atoms with E-state index in [-0.39, 0.29) is 11.4 Å². The van der Waals surface area contributed by atoms with Crippen molar-refractivity contribution >= 4 is 0 Å². The molecule has 2 N–H and O–H groups in total. The zero-order valence-corrected chi connectivity index (χ0v) is 6.05. The Labute approximate surface area is 64.2 Å². The topological polar surface area (TPSA) is 38.9 Å². The van der Waals surface area contributed by atoms with Crippen molar-refractivity contribution in [2.24, 2.45) is 5.73 Å². The van der Waals surface area contributed by atoms with Gasteiger partial charge in [-0.05, 0) is 18.9 Å². The molecule has 1 saturated carbocycles. The largest absolute Gasteiger partial charge is 0.321 e. The van der Waals surface area contributed by atoms with E-state index in [4.69, 9.17) is 5.73 Å². The molecular weight excluding hydrogens is 143 g/mol. The molecule has 0 saturated heterocycles.